The van der Waals surface area contributed by atoms with Gasteiger partial charge in [-0.2, -0.15) is 0 Å². The number of hydrogen-bond donors (Lipinski definition) is 1. The number of imide groups is 1. The molecule has 2 aromatic carbocycles. The van der Waals surface area contributed by atoms with Crippen LogP contribution in [0, 0.1) is 6.92 Å². The molecule has 2 aromatic rings. The molecular weight excluding hydrogens is 447 g/mol. The highest BCUT2D eigenvalue weighted by atomic mass is 35.5. The van der Waals surface area contributed by atoms with E-state index in [0.717, 1.165) is 27.8 Å². The first-order valence-electron chi connectivity index (χ1n) is 9.00. The van der Waals surface area contributed by atoms with Crippen LogP contribution in [-0.2, 0) is 9.59 Å². The van der Waals surface area contributed by atoms with Crippen molar-refractivity contribution in [3.63, 3.8) is 0 Å². The third-order valence-electron chi connectivity index (χ3n) is 4.16. The number of thioether (sulfide) groups is 1. The van der Waals surface area contributed by atoms with Crippen LogP contribution < -0.4 is 10.1 Å². The van der Waals surface area contributed by atoms with Crippen molar-refractivity contribution in [1.82, 2.24) is 10.2 Å². The van der Waals surface area contributed by atoms with Gasteiger partial charge in [-0.3, -0.25) is 19.3 Å². The zero-order valence-electron chi connectivity index (χ0n) is 16.0. The van der Waals surface area contributed by atoms with Crippen molar-refractivity contribution in [1.29, 1.82) is 0 Å². The molecule has 0 aliphatic carbocycles. The van der Waals surface area contributed by atoms with E-state index in [4.69, 9.17) is 27.9 Å². The Morgan fingerprint density at radius 3 is 2.60 bits per heavy atom. The Hall–Kier alpha value is -2.48. The quantitative estimate of drug-likeness (QED) is 0.608. The average molecular weight is 465 g/mol. The Kier molecular flexibility index (Phi) is 7.42. The topological polar surface area (TPSA) is 75.7 Å². The summed E-state index contributed by atoms with van der Waals surface area (Å²) in [6.07, 6.45) is 1.69. The van der Waals surface area contributed by atoms with E-state index in [-0.39, 0.29) is 30.8 Å². The molecule has 156 valence electrons. The first-order chi connectivity index (χ1) is 14.3. The number of amides is 3. The van der Waals surface area contributed by atoms with Crippen LogP contribution in [0.1, 0.15) is 11.1 Å². The zero-order chi connectivity index (χ0) is 21.7. The third kappa shape index (κ3) is 5.78. The normalized spacial score (nSPS) is 15.0. The summed E-state index contributed by atoms with van der Waals surface area (Å²) in [5, 5.41) is 3.01. The largest absolute Gasteiger partial charge is 0.482 e. The van der Waals surface area contributed by atoms with Crippen LogP contribution in [0.25, 0.3) is 6.08 Å². The summed E-state index contributed by atoms with van der Waals surface area (Å²) in [7, 11) is 0. The number of nitrogens with zero attached hydrogens (tertiary/aromatic N) is 1. The van der Waals surface area contributed by atoms with Gasteiger partial charge in [0, 0.05) is 18.1 Å². The van der Waals surface area contributed by atoms with Crippen LogP contribution in [0.15, 0.2) is 47.4 Å². The minimum atomic E-state index is -0.400. The van der Waals surface area contributed by atoms with E-state index in [1.807, 2.05) is 31.2 Å². The first kappa shape index (κ1) is 22.2. The van der Waals surface area contributed by atoms with Gasteiger partial charge in [0.15, 0.2) is 6.61 Å². The zero-order valence-corrected chi connectivity index (χ0v) is 18.3. The van der Waals surface area contributed by atoms with E-state index in [9.17, 15) is 14.4 Å². The fourth-order valence-electron chi connectivity index (χ4n) is 2.60. The van der Waals surface area contributed by atoms with Crippen LogP contribution in [0.5, 0.6) is 5.75 Å². The molecule has 0 radical (unpaired) electrons. The smallest absolute Gasteiger partial charge is 0.293 e. The van der Waals surface area contributed by atoms with Crippen molar-refractivity contribution in [3.8, 4) is 5.75 Å². The molecule has 0 saturated carbocycles. The fourth-order valence-corrected chi connectivity index (χ4v) is 3.93. The summed E-state index contributed by atoms with van der Waals surface area (Å²) >= 11 is 12.7. The van der Waals surface area contributed by atoms with Gasteiger partial charge in [-0.15, -0.1) is 0 Å². The molecule has 0 aromatic heterocycles. The summed E-state index contributed by atoms with van der Waals surface area (Å²) in [6.45, 7) is 1.91. The van der Waals surface area contributed by atoms with Crippen molar-refractivity contribution in [2.45, 2.75) is 6.92 Å². The highest BCUT2D eigenvalue weighted by Crippen LogP contribution is 2.32. The standard InChI is InChI=1S/C21H18Cl2N2O4S/c1-13-2-4-14(5-3-13)10-18-20(27)25(21(28)30-18)9-8-24-19(26)12-29-17-7-6-15(22)11-16(17)23/h2-7,10-11H,8-9,12H2,1H3,(H,24,26). The van der Waals surface area contributed by atoms with Crippen LogP contribution in [0.4, 0.5) is 4.79 Å². The molecule has 3 rings (SSSR count). The lowest BCUT2D eigenvalue weighted by molar-refractivity contribution is -0.125. The van der Waals surface area contributed by atoms with E-state index in [0.29, 0.717) is 20.7 Å². The molecule has 1 aliphatic rings. The summed E-state index contributed by atoms with van der Waals surface area (Å²) in [5.41, 5.74) is 1.95. The Balaban J connectivity index is 1.48. The van der Waals surface area contributed by atoms with Crippen molar-refractivity contribution in [2.24, 2.45) is 0 Å². The number of nitrogens with one attached hydrogen (secondary N) is 1. The van der Waals surface area contributed by atoms with E-state index >= 15 is 0 Å². The molecule has 1 fully saturated rings. The monoisotopic (exact) mass is 464 g/mol. The second-order valence-corrected chi connectivity index (χ2v) is 8.29. The van der Waals surface area contributed by atoms with Crippen molar-refractivity contribution < 1.29 is 19.1 Å². The minimum Gasteiger partial charge on any atom is -0.482 e. The molecular formula is C21H18Cl2N2O4S. The average Bonchev–Trinajstić information content (AvgIpc) is 2.96. The number of aryl methyl sites for hydroxylation is 1. The van der Waals surface area contributed by atoms with Gasteiger partial charge in [0.25, 0.3) is 17.1 Å². The lowest BCUT2D eigenvalue weighted by Crippen LogP contribution is -2.38. The molecule has 1 N–H and O–H groups in total. The molecule has 1 aliphatic heterocycles. The van der Waals surface area contributed by atoms with E-state index < -0.39 is 5.91 Å². The highest BCUT2D eigenvalue weighted by Gasteiger charge is 2.34. The Labute approximate surface area is 188 Å². The number of rotatable bonds is 7. The SMILES string of the molecule is Cc1ccc(C=C2SC(=O)N(CCNC(=O)COc3ccc(Cl)cc3Cl)C2=O)cc1. The van der Waals surface area contributed by atoms with E-state index in [1.165, 1.54) is 6.07 Å². The second kappa shape index (κ2) is 10.0. The van der Waals surface area contributed by atoms with Crippen molar-refractivity contribution >= 4 is 58.1 Å². The Morgan fingerprint density at radius 1 is 1.17 bits per heavy atom. The van der Waals surface area contributed by atoms with Crippen molar-refractivity contribution in [3.05, 3.63) is 68.5 Å². The van der Waals surface area contributed by atoms with Gasteiger partial charge in [-0.25, -0.2) is 0 Å². The third-order valence-corrected chi connectivity index (χ3v) is 5.60. The molecule has 3 amide bonds. The van der Waals surface area contributed by atoms with E-state index in [1.54, 1.807) is 18.2 Å². The number of carbonyl (C=O) groups is 3. The molecule has 1 saturated heterocycles. The van der Waals surface area contributed by atoms with Gasteiger partial charge in [-0.1, -0.05) is 53.0 Å². The number of halogens is 2. The molecule has 0 atom stereocenters. The molecule has 6 nitrogen and oxygen atoms in total. The first-order valence-corrected chi connectivity index (χ1v) is 10.6. The summed E-state index contributed by atoms with van der Waals surface area (Å²) in [5.74, 6) is -0.435. The lowest BCUT2D eigenvalue weighted by Gasteiger charge is -2.13. The molecule has 0 unspecified atom stereocenters. The van der Waals surface area contributed by atoms with Crippen LogP contribution in [0.2, 0.25) is 10.0 Å². The van der Waals surface area contributed by atoms with Gasteiger partial charge in [0.05, 0.1) is 9.93 Å². The number of ether oxygens (including phenoxy) is 1. The number of hydrogen-bond acceptors (Lipinski definition) is 5. The van der Waals surface area contributed by atoms with Gasteiger partial charge in [0.2, 0.25) is 0 Å². The van der Waals surface area contributed by atoms with Gasteiger partial charge >= 0.3 is 0 Å². The minimum absolute atomic E-state index is 0.0728. The molecule has 0 spiro atoms. The van der Waals surface area contributed by atoms with Gasteiger partial charge < -0.3 is 10.1 Å². The van der Waals surface area contributed by atoms with Crippen molar-refractivity contribution in [2.75, 3.05) is 19.7 Å². The molecule has 30 heavy (non-hydrogen) atoms. The molecule has 0 bridgehead atoms. The molecule has 1 heterocycles. The Bertz CT molecular complexity index is 1010. The maximum atomic E-state index is 12.5. The highest BCUT2D eigenvalue weighted by molar-refractivity contribution is 8.18. The summed E-state index contributed by atoms with van der Waals surface area (Å²) < 4.78 is 5.35. The van der Waals surface area contributed by atoms with Crippen LogP contribution >= 0.6 is 35.0 Å². The van der Waals surface area contributed by atoms with E-state index in [2.05, 4.69) is 5.32 Å². The van der Waals surface area contributed by atoms with Gasteiger partial charge in [-0.05, 0) is 48.5 Å². The molecule has 9 heteroatoms. The fraction of sp³-hybridized carbons (Fsp3) is 0.190. The summed E-state index contributed by atoms with van der Waals surface area (Å²) in [6, 6.07) is 12.3. The maximum absolute atomic E-state index is 12.5. The number of carbonyl (C=O) groups excluding carboxylic acids is 3. The summed E-state index contributed by atoms with van der Waals surface area (Å²) in [4.78, 5) is 38.1. The number of benzene rings is 2. The van der Waals surface area contributed by atoms with Crippen LogP contribution in [-0.4, -0.2) is 41.6 Å². The second-order valence-electron chi connectivity index (χ2n) is 6.46. The lowest BCUT2D eigenvalue weighted by atomic mass is 10.1. The predicted octanol–water partition coefficient (Wildman–Crippen LogP) is 4.53. The Morgan fingerprint density at radius 2 is 1.90 bits per heavy atom. The van der Waals surface area contributed by atoms with Crippen LogP contribution in [0.3, 0.4) is 0 Å². The maximum Gasteiger partial charge on any atom is 0.293 e. The predicted molar refractivity (Wildman–Crippen MR) is 119 cm³/mol. The van der Waals surface area contributed by atoms with Gasteiger partial charge in [0.1, 0.15) is 5.75 Å².